The summed E-state index contributed by atoms with van der Waals surface area (Å²) in [6.45, 7) is 8.10. The minimum atomic E-state index is -0.776. The first-order valence-corrected chi connectivity index (χ1v) is 17.8. The molecule has 1 saturated heterocycles. The SMILES string of the molecule is COC(=O)[C@@H](Cc1ccccc1)NC(=O)CCCCCNC(=O)c1noc(-c2cc(C(C)C)c(O)cc2O)c1-c1ccc(CN2CCOCC2)cc1. The fraction of sp³-hybridized carbons (Fsp3) is 0.400. The fourth-order valence-corrected chi connectivity index (χ4v) is 6.25. The number of hydrogen-bond donors (Lipinski definition) is 4. The molecule has 4 aromatic rings. The number of phenolic OH excluding ortho intramolecular Hbond substituents is 2. The molecule has 0 aliphatic carbocycles. The molecule has 12 heteroatoms. The van der Waals surface area contributed by atoms with Gasteiger partial charge in [-0.05, 0) is 47.1 Å². The normalized spacial score (nSPS) is 13.8. The minimum absolute atomic E-state index is 0.0318. The van der Waals surface area contributed by atoms with E-state index in [1.54, 1.807) is 6.07 Å². The molecular weight excluding hydrogens is 664 g/mol. The molecule has 1 aliphatic rings. The van der Waals surface area contributed by atoms with E-state index in [2.05, 4.69) is 20.7 Å². The van der Waals surface area contributed by atoms with Crippen molar-refractivity contribution in [3.8, 4) is 33.9 Å². The second kappa shape index (κ2) is 18.3. The van der Waals surface area contributed by atoms with Crippen molar-refractivity contribution >= 4 is 17.8 Å². The van der Waals surface area contributed by atoms with Crippen molar-refractivity contribution in [1.82, 2.24) is 20.7 Å². The van der Waals surface area contributed by atoms with Gasteiger partial charge in [0.1, 0.15) is 17.5 Å². The Morgan fingerprint density at radius 1 is 0.923 bits per heavy atom. The number of carbonyl (C=O) groups excluding carboxylic acids is 3. The lowest BCUT2D eigenvalue weighted by Crippen LogP contribution is -2.43. The Kier molecular flexibility index (Phi) is 13.4. The molecule has 2 heterocycles. The highest BCUT2D eigenvalue weighted by atomic mass is 16.5. The molecule has 12 nitrogen and oxygen atoms in total. The van der Waals surface area contributed by atoms with Gasteiger partial charge in [-0.3, -0.25) is 14.5 Å². The Labute approximate surface area is 304 Å². The molecular formula is C40H48N4O8. The number of amides is 2. The molecule has 4 N–H and O–H groups in total. The van der Waals surface area contributed by atoms with Crippen LogP contribution in [0.5, 0.6) is 11.5 Å². The van der Waals surface area contributed by atoms with Crippen LogP contribution in [0.3, 0.4) is 0 Å². The summed E-state index contributed by atoms with van der Waals surface area (Å²) >= 11 is 0. The zero-order chi connectivity index (χ0) is 37.0. The molecule has 3 aromatic carbocycles. The van der Waals surface area contributed by atoms with Crippen LogP contribution in [0.15, 0.2) is 71.3 Å². The van der Waals surface area contributed by atoms with Gasteiger partial charge >= 0.3 is 5.97 Å². The number of aromatic nitrogens is 1. The van der Waals surface area contributed by atoms with Gasteiger partial charge in [-0.2, -0.15) is 0 Å². The van der Waals surface area contributed by atoms with Crippen LogP contribution in [-0.2, 0) is 32.0 Å². The van der Waals surface area contributed by atoms with Crippen molar-refractivity contribution in [3.05, 3.63) is 89.1 Å². The summed E-state index contributed by atoms with van der Waals surface area (Å²) in [7, 11) is 1.30. The summed E-state index contributed by atoms with van der Waals surface area (Å²) in [5.41, 5.74) is 4.14. The van der Waals surface area contributed by atoms with Crippen molar-refractivity contribution in [2.45, 2.75) is 64.5 Å². The molecule has 0 unspecified atom stereocenters. The maximum absolute atomic E-state index is 13.6. The molecule has 1 aromatic heterocycles. The summed E-state index contributed by atoms with van der Waals surface area (Å²) in [5.74, 6) is -1.24. The van der Waals surface area contributed by atoms with Crippen LogP contribution in [-0.4, -0.2) is 84.1 Å². The molecule has 1 fully saturated rings. The number of hydrogen-bond acceptors (Lipinski definition) is 10. The average Bonchev–Trinajstić information content (AvgIpc) is 3.58. The van der Waals surface area contributed by atoms with Gasteiger partial charge in [-0.1, -0.05) is 80.0 Å². The lowest BCUT2D eigenvalue weighted by Gasteiger charge is -2.26. The highest BCUT2D eigenvalue weighted by Gasteiger charge is 2.27. The summed E-state index contributed by atoms with van der Waals surface area (Å²) in [6, 6.07) is 19.4. The van der Waals surface area contributed by atoms with Gasteiger partial charge in [0.05, 0.1) is 31.5 Å². The van der Waals surface area contributed by atoms with Gasteiger partial charge in [-0.15, -0.1) is 0 Å². The van der Waals surface area contributed by atoms with Gasteiger partial charge in [0.15, 0.2) is 11.5 Å². The number of nitrogens with one attached hydrogen (secondary N) is 2. The van der Waals surface area contributed by atoms with Crippen molar-refractivity contribution in [2.24, 2.45) is 0 Å². The Hall–Kier alpha value is -5.20. The first kappa shape index (κ1) is 38.0. The molecule has 1 atom stereocenters. The topological polar surface area (TPSA) is 163 Å². The Bertz CT molecular complexity index is 1800. The van der Waals surface area contributed by atoms with E-state index in [1.165, 1.54) is 13.2 Å². The van der Waals surface area contributed by atoms with E-state index >= 15 is 0 Å². The van der Waals surface area contributed by atoms with Gasteiger partial charge in [0.25, 0.3) is 5.91 Å². The second-order valence-electron chi connectivity index (χ2n) is 13.3. The Balaban J connectivity index is 1.23. The van der Waals surface area contributed by atoms with Crippen molar-refractivity contribution in [3.63, 3.8) is 0 Å². The minimum Gasteiger partial charge on any atom is -0.508 e. The van der Waals surface area contributed by atoms with Crippen molar-refractivity contribution in [2.75, 3.05) is 40.0 Å². The maximum atomic E-state index is 13.6. The van der Waals surface area contributed by atoms with E-state index in [0.717, 1.165) is 30.8 Å². The van der Waals surface area contributed by atoms with Gasteiger partial charge < -0.3 is 34.8 Å². The number of morpholine rings is 1. The number of phenols is 2. The molecule has 1 aliphatic heterocycles. The number of benzene rings is 3. The molecule has 0 spiro atoms. The second-order valence-corrected chi connectivity index (χ2v) is 13.3. The Morgan fingerprint density at radius 2 is 1.65 bits per heavy atom. The highest BCUT2D eigenvalue weighted by molar-refractivity contribution is 6.02. The third-order valence-corrected chi connectivity index (χ3v) is 9.14. The zero-order valence-corrected chi connectivity index (χ0v) is 30.0. The monoisotopic (exact) mass is 712 g/mol. The molecule has 0 radical (unpaired) electrons. The predicted octanol–water partition coefficient (Wildman–Crippen LogP) is 5.57. The molecule has 0 saturated carbocycles. The van der Waals surface area contributed by atoms with Crippen LogP contribution >= 0.6 is 0 Å². The quantitative estimate of drug-likeness (QED) is 0.0854. The summed E-state index contributed by atoms with van der Waals surface area (Å²) in [4.78, 5) is 40.8. The summed E-state index contributed by atoms with van der Waals surface area (Å²) < 4.78 is 16.1. The van der Waals surface area contributed by atoms with Gasteiger partial charge in [0, 0.05) is 45.1 Å². The number of nitrogens with zero attached hydrogens (tertiary/aromatic N) is 2. The molecule has 52 heavy (non-hydrogen) atoms. The highest BCUT2D eigenvalue weighted by Crippen LogP contribution is 2.43. The smallest absolute Gasteiger partial charge is 0.328 e. The molecule has 5 rings (SSSR count). The lowest BCUT2D eigenvalue weighted by atomic mass is 9.94. The molecule has 0 bridgehead atoms. The zero-order valence-electron chi connectivity index (χ0n) is 30.0. The maximum Gasteiger partial charge on any atom is 0.328 e. The Morgan fingerprint density at radius 3 is 2.35 bits per heavy atom. The summed E-state index contributed by atoms with van der Waals surface area (Å²) in [6.07, 6.45) is 2.39. The van der Waals surface area contributed by atoms with E-state index in [0.29, 0.717) is 67.7 Å². The number of carbonyl (C=O) groups is 3. The average molecular weight is 713 g/mol. The van der Waals surface area contributed by atoms with Crippen molar-refractivity contribution in [1.29, 1.82) is 0 Å². The largest absolute Gasteiger partial charge is 0.508 e. The van der Waals surface area contributed by atoms with E-state index < -0.39 is 17.9 Å². The van der Waals surface area contributed by atoms with E-state index in [-0.39, 0.29) is 41.2 Å². The van der Waals surface area contributed by atoms with Crippen LogP contribution in [0.25, 0.3) is 22.5 Å². The first-order chi connectivity index (χ1) is 25.1. The van der Waals surface area contributed by atoms with Crippen molar-refractivity contribution < 1.29 is 38.6 Å². The van der Waals surface area contributed by atoms with Crippen LogP contribution in [0.4, 0.5) is 0 Å². The first-order valence-electron chi connectivity index (χ1n) is 17.8. The van der Waals surface area contributed by atoms with E-state index in [9.17, 15) is 24.6 Å². The van der Waals surface area contributed by atoms with Crippen LogP contribution in [0.2, 0.25) is 0 Å². The van der Waals surface area contributed by atoms with Crippen LogP contribution in [0.1, 0.15) is 72.6 Å². The predicted molar refractivity (Wildman–Crippen MR) is 196 cm³/mol. The molecule has 276 valence electrons. The number of methoxy groups -OCH3 is 1. The number of rotatable bonds is 16. The number of aromatic hydroxyl groups is 2. The fourth-order valence-electron chi connectivity index (χ4n) is 6.25. The third-order valence-electron chi connectivity index (χ3n) is 9.14. The van der Waals surface area contributed by atoms with E-state index in [1.807, 2.05) is 68.4 Å². The van der Waals surface area contributed by atoms with E-state index in [4.69, 9.17) is 14.0 Å². The summed E-state index contributed by atoms with van der Waals surface area (Å²) in [5, 5.41) is 31.2. The lowest BCUT2D eigenvalue weighted by molar-refractivity contribution is -0.145. The number of ether oxygens (including phenoxy) is 2. The number of esters is 1. The van der Waals surface area contributed by atoms with Crippen LogP contribution < -0.4 is 10.6 Å². The third kappa shape index (κ3) is 9.98. The number of unbranched alkanes of at least 4 members (excludes halogenated alkanes) is 2. The van der Waals surface area contributed by atoms with Gasteiger partial charge in [-0.25, -0.2) is 4.79 Å². The standard InChI is InChI=1S/C40H48N4O8/c1-26(2)30-23-31(34(46)24-33(30)45)38-36(29-15-13-28(14-16-29)25-44-18-20-51-21-19-44)37(43-52-38)39(48)41-17-9-5-8-12-35(47)42-32(40(49)50-3)22-27-10-6-4-7-11-27/h4,6-7,10-11,13-16,23-24,26,32,45-46H,5,8-9,12,17-22,25H2,1-3H3,(H,41,48)(H,42,47)/t32-/m1/s1. The van der Waals surface area contributed by atoms with Crippen LogP contribution in [0, 0.1) is 0 Å². The van der Waals surface area contributed by atoms with Gasteiger partial charge in [0.2, 0.25) is 5.91 Å². The molecule has 2 amide bonds.